The molecule has 1 heterocycles. The van der Waals surface area contributed by atoms with E-state index in [0.717, 1.165) is 11.0 Å². The van der Waals surface area contributed by atoms with Crippen molar-refractivity contribution in [1.82, 2.24) is 4.98 Å². The highest BCUT2D eigenvalue weighted by molar-refractivity contribution is 7.99. The molecule has 0 aromatic carbocycles. The van der Waals surface area contributed by atoms with Crippen molar-refractivity contribution in [3.63, 3.8) is 0 Å². The number of hydrogen-bond acceptors (Lipinski definition) is 3. The Bertz CT molecular complexity index is 298. The van der Waals surface area contributed by atoms with Crippen LogP contribution in [0.3, 0.4) is 0 Å². The van der Waals surface area contributed by atoms with Crippen LogP contribution in [-0.2, 0) is 4.79 Å². The summed E-state index contributed by atoms with van der Waals surface area (Å²) in [6, 6.07) is 3.78. The molecule has 1 aromatic heterocycles. The van der Waals surface area contributed by atoms with Crippen molar-refractivity contribution >= 4 is 17.7 Å². The van der Waals surface area contributed by atoms with Gasteiger partial charge in [-0.05, 0) is 12.1 Å². The quantitative estimate of drug-likeness (QED) is 0.588. The topological polar surface area (TPSA) is 50.2 Å². The summed E-state index contributed by atoms with van der Waals surface area (Å²) < 4.78 is 0. The molecule has 0 radical (unpaired) electrons. The minimum Gasteiger partial charge on any atom is -0.478 e. The van der Waals surface area contributed by atoms with Crippen LogP contribution >= 0.6 is 11.8 Å². The van der Waals surface area contributed by atoms with E-state index in [9.17, 15) is 4.79 Å². The average Bonchev–Trinajstić information content (AvgIpc) is 2.14. The van der Waals surface area contributed by atoms with Gasteiger partial charge in [-0.25, -0.2) is 4.79 Å². The molecule has 0 aliphatic carbocycles. The summed E-state index contributed by atoms with van der Waals surface area (Å²) in [4.78, 5) is 15.1. The third-order valence-corrected chi connectivity index (χ3v) is 2.22. The molecule has 0 atom stereocenters. The van der Waals surface area contributed by atoms with E-state index in [-0.39, 0.29) is 0 Å². The number of carboxylic acid groups (broad SMARTS) is 1. The number of aliphatic carboxylic acids is 1. The molecule has 0 amide bonds. The maximum absolute atomic E-state index is 10.1. The van der Waals surface area contributed by atoms with E-state index < -0.39 is 5.97 Å². The highest BCUT2D eigenvalue weighted by Gasteiger charge is 1.90. The second-order valence-corrected chi connectivity index (χ2v) is 3.33. The first-order valence-electron chi connectivity index (χ1n) is 3.71. The molecule has 0 fully saturated rings. The summed E-state index contributed by atoms with van der Waals surface area (Å²) in [7, 11) is 0. The van der Waals surface area contributed by atoms with Gasteiger partial charge in [0.05, 0.1) is 0 Å². The molecule has 0 spiro atoms. The molecule has 1 rings (SSSR count). The first kappa shape index (κ1) is 9.80. The fourth-order valence-electron chi connectivity index (χ4n) is 0.728. The van der Waals surface area contributed by atoms with E-state index in [1.807, 2.05) is 12.1 Å². The molecule has 1 N–H and O–H groups in total. The number of aromatic nitrogens is 1. The van der Waals surface area contributed by atoms with Gasteiger partial charge in [0.25, 0.3) is 0 Å². The van der Waals surface area contributed by atoms with E-state index in [0.29, 0.717) is 5.75 Å². The molecule has 0 saturated carbocycles. The van der Waals surface area contributed by atoms with Gasteiger partial charge in [-0.15, -0.1) is 11.8 Å². The van der Waals surface area contributed by atoms with Crippen LogP contribution in [0, 0.1) is 0 Å². The molecule has 0 aliphatic rings. The minimum atomic E-state index is -0.907. The third-order valence-electron chi connectivity index (χ3n) is 1.26. The smallest absolute Gasteiger partial charge is 0.328 e. The molecule has 0 aliphatic heterocycles. The van der Waals surface area contributed by atoms with Gasteiger partial charge in [-0.1, -0.05) is 6.08 Å². The molecule has 4 heteroatoms. The van der Waals surface area contributed by atoms with Crippen LogP contribution in [-0.4, -0.2) is 21.8 Å². The Morgan fingerprint density at radius 3 is 2.85 bits per heavy atom. The highest BCUT2D eigenvalue weighted by Crippen LogP contribution is 2.15. The Labute approximate surface area is 80.5 Å². The number of thioether (sulfide) groups is 1. The van der Waals surface area contributed by atoms with Gasteiger partial charge in [0.15, 0.2) is 0 Å². The summed E-state index contributed by atoms with van der Waals surface area (Å²) in [6.07, 6.45) is 6.19. The van der Waals surface area contributed by atoms with E-state index in [1.54, 1.807) is 30.2 Å². The Morgan fingerprint density at radius 1 is 1.54 bits per heavy atom. The van der Waals surface area contributed by atoms with Gasteiger partial charge in [-0.3, -0.25) is 4.98 Å². The van der Waals surface area contributed by atoms with Crippen LogP contribution in [0.25, 0.3) is 0 Å². The van der Waals surface area contributed by atoms with Crippen molar-refractivity contribution in [1.29, 1.82) is 0 Å². The van der Waals surface area contributed by atoms with Crippen LogP contribution in [0.4, 0.5) is 0 Å². The summed E-state index contributed by atoms with van der Waals surface area (Å²) >= 11 is 1.57. The lowest BCUT2D eigenvalue weighted by atomic mass is 10.5. The Morgan fingerprint density at radius 2 is 2.23 bits per heavy atom. The van der Waals surface area contributed by atoms with Gasteiger partial charge >= 0.3 is 5.97 Å². The summed E-state index contributed by atoms with van der Waals surface area (Å²) in [5.41, 5.74) is 0. The molecular weight excluding hydrogens is 186 g/mol. The fraction of sp³-hybridized carbons (Fsp3) is 0.111. The van der Waals surface area contributed by atoms with Crippen LogP contribution in [0.1, 0.15) is 0 Å². The number of carbonyl (C=O) groups is 1. The number of nitrogens with zero attached hydrogens (tertiary/aromatic N) is 1. The molecular formula is C9H9NO2S. The van der Waals surface area contributed by atoms with E-state index in [1.165, 1.54) is 0 Å². The van der Waals surface area contributed by atoms with Crippen LogP contribution in [0.15, 0.2) is 41.6 Å². The molecule has 0 bridgehead atoms. The van der Waals surface area contributed by atoms with Crippen molar-refractivity contribution in [2.45, 2.75) is 4.90 Å². The monoisotopic (exact) mass is 195 g/mol. The van der Waals surface area contributed by atoms with Crippen LogP contribution in [0.2, 0.25) is 0 Å². The first-order chi connectivity index (χ1) is 6.29. The van der Waals surface area contributed by atoms with E-state index in [4.69, 9.17) is 5.11 Å². The lowest BCUT2D eigenvalue weighted by Gasteiger charge is -1.94. The number of rotatable bonds is 4. The Hall–Kier alpha value is -1.29. The number of carboxylic acids is 1. The maximum atomic E-state index is 10.1. The van der Waals surface area contributed by atoms with Crippen molar-refractivity contribution in [3.8, 4) is 0 Å². The second kappa shape index (κ2) is 5.37. The van der Waals surface area contributed by atoms with Crippen molar-refractivity contribution in [2.75, 3.05) is 5.75 Å². The van der Waals surface area contributed by atoms with Gasteiger partial charge in [0.1, 0.15) is 0 Å². The summed E-state index contributed by atoms with van der Waals surface area (Å²) in [6.45, 7) is 0. The van der Waals surface area contributed by atoms with Gasteiger partial charge in [0.2, 0.25) is 0 Å². The van der Waals surface area contributed by atoms with Crippen LogP contribution in [0.5, 0.6) is 0 Å². The summed E-state index contributed by atoms with van der Waals surface area (Å²) in [5.74, 6) is -0.244. The largest absolute Gasteiger partial charge is 0.478 e. The van der Waals surface area contributed by atoms with Crippen LogP contribution < -0.4 is 0 Å². The van der Waals surface area contributed by atoms with Crippen molar-refractivity contribution < 1.29 is 9.90 Å². The SMILES string of the molecule is O=C(O)/C=C/CSc1ccncc1. The lowest BCUT2D eigenvalue weighted by molar-refractivity contribution is -0.131. The highest BCUT2D eigenvalue weighted by atomic mass is 32.2. The number of pyridine rings is 1. The van der Waals surface area contributed by atoms with Gasteiger partial charge < -0.3 is 5.11 Å². The van der Waals surface area contributed by atoms with E-state index in [2.05, 4.69) is 4.98 Å². The van der Waals surface area contributed by atoms with Gasteiger partial charge in [0, 0.05) is 29.1 Å². The Kier molecular flexibility index (Phi) is 4.05. The minimum absolute atomic E-state index is 0.663. The first-order valence-corrected chi connectivity index (χ1v) is 4.70. The van der Waals surface area contributed by atoms with Crippen molar-refractivity contribution in [2.24, 2.45) is 0 Å². The average molecular weight is 195 g/mol. The maximum Gasteiger partial charge on any atom is 0.328 e. The molecule has 3 nitrogen and oxygen atoms in total. The molecule has 68 valence electrons. The molecule has 0 saturated heterocycles. The predicted molar refractivity (Wildman–Crippen MR) is 51.7 cm³/mol. The summed E-state index contributed by atoms with van der Waals surface area (Å²) in [5, 5.41) is 8.30. The van der Waals surface area contributed by atoms with E-state index >= 15 is 0 Å². The zero-order valence-electron chi connectivity index (χ0n) is 6.88. The number of hydrogen-bond donors (Lipinski definition) is 1. The molecule has 13 heavy (non-hydrogen) atoms. The normalized spacial score (nSPS) is 10.5. The third kappa shape index (κ3) is 4.32. The molecule has 1 aromatic rings. The second-order valence-electron chi connectivity index (χ2n) is 2.23. The lowest BCUT2D eigenvalue weighted by Crippen LogP contribution is -1.86. The standard InChI is InChI=1S/C9H9NO2S/c11-9(12)2-1-7-13-8-3-5-10-6-4-8/h1-6H,7H2,(H,11,12)/b2-1+. The van der Waals surface area contributed by atoms with Gasteiger partial charge in [-0.2, -0.15) is 0 Å². The zero-order valence-corrected chi connectivity index (χ0v) is 7.70. The zero-order chi connectivity index (χ0) is 9.52. The molecule has 0 unspecified atom stereocenters. The Balaban J connectivity index is 2.32. The predicted octanol–water partition coefficient (Wildman–Crippen LogP) is 1.81. The van der Waals surface area contributed by atoms with Crippen molar-refractivity contribution in [3.05, 3.63) is 36.7 Å². The fourth-order valence-corrected chi connectivity index (χ4v) is 1.43.